The number of thioether (sulfide) groups is 1. The maximum Gasteiger partial charge on any atom is 0.241 e. The molecule has 0 spiro atoms. The minimum atomic E-state index is 0.0637. The monoisotopic (exact) mass is 270 g/mol. The summed E-state index contributed by atoms with van der Waals surface area (Å²) in [6.45, 7) is 7.50. The maximum absolute atomic E-state index is 12.5. The number of amides is 1. The molecule has 0 radical (unpaired) electrons. The number of hydrogen-bond donors (Lipinski definition) is 1. The Bertz CT molecular complexity index is 290. The fourth-order valence-electron chi connectivity index (χ4n) is 2.96. The van der Waals surface area contributed by atoms with Crippen molar-refractivity contribution in [2.24, 2.45) is 5.92 Å². The summed E-state index contributed by atoms with van der Waals surface area (Å²) in [5, 5.41) is 4.20. The Labute approximate surface area is 115 Å². The van der Waals surface area contributed by atoms with E-state index in [0.717, 1.165) is 19.4 Å². The molecule has 18 heavy (non-hydrogen) atoms. The van der Waals surface area contributed by atoms with Crippen LogP contribution in [-0.2, 0) is 4.79 Å². The highest BCUT2D eigenvalue weighted by Gasteiger charge is 2.40. The summed E-state index contributed by atoms with van der Waals surface area (Å²) >= 11 is 2.04. The Morgan fingerprint density at radius 1 is 1.50 bits per heavy atom. The molecule has 1 amide bonds. The van der Waals surface area contributed by atoms with Gasteiger partial charge in [0.05, 0.1) is 12.2 Å². The van der Waals surface area contributed by atoms with E-state index in [-0.39, 0.29) is 12.2 Å². The molecule has 2 rings (SSSR count). The molecule has 2 fully saturated rings. The van der Waals surface area contributed by atoms with Crippen molar-refractivity contribution in [3.05, 3.63) is 0 Å². The van der Waals surface area contributed by atoms with E-state index in [4.69, 9.17) is 0 Å². The number of carbonyl (C=O) groups is 1. The summed E-state index contributed by atoms with van der Waals surface area (Å²) in [5.41, 5.74) is 0. The summed E-state index contributed by atoms with van der Waals surface area (Å²) in [6, 6.07) is 0.0637. The Hall–Kier alpha value is -0.220. The molecule has 1 N–H and O–H groups in total. The number of nitrogens with zero attached hydrogens (tertiary/aromatic N) is 1. The molecule has 3 atom stereocenters. The van der Waals surface area contributed by atoms with Crippen molar-refractivity contribution in [2.75, 3.05) is 12.3 Å². The second kappa shape index (κ2) is 6.29. The second-order valence-corrected chi connectivity index (χ2v) is 7.23. The number of rotatable bonds is 5. The molecule has 4 heteroatoms. The lowest BCUT2D eigenvalue weighted by Crippen LogP contribution is -2.44. The van der Waals surface area contributed by atoms with E-state index in [9.17, 15) is 4.79 Å². The molecule has 3 unspecified atom stereocenters. The number of hydrogen-bond acceptors (Lipinski definition) is 3. The zero-order valence-electron chi connectivity index (χ0n) is 11.8. The molecule has 3 nitrogen and oxygen atoms in total. The van der Waals surface area contributed by atoms with E-state index in [1.807, 2.05) is 11.8 Å². The van der Waals surface area contributed by atoms with Crippen LogP contribution in [0.2, 0.25) is 0 Å². The summed E-state index contributed by atoms with van der Waals surface area (Å²) in [4.78, 5) is 14.6. The zero-order valence-corrected chi connectivity index (χ0v) is 12.6. The van der Waals surface area contributed by atoms with E-state index in [1.54, 1.807) is 0 Å². The highest BCUT2D eigenvalue weighted by molar-refractivity contribution is 8.00. The standard InChI is InChI=1S/C14H26N2OS/c1-4-6-12-14(17)16(13(15-12)10(2)3)9-11-7-5-8-18-11/h10-13,15H,4-9H2,1-3H3. The number of carbonyl (C=O) groups excluding carboxylic acids is 1. The average Bonchev–Trinajstić information content (AvgIpc) is 2.92. The van der Waals surface area contributed by atoms with Gasteiger partial charge in [-0.05, 0) is 30.9 Å². The molecule has 2 heterocycles. The lowest BCUT2D eigenvalue weighted by atomic mass is 10.1. The van der Waals surface area contributed by atoms with Gasteiger partial charge >= 0.3 is 0 Å². The van der Waals surface area contributed by atoms with Crippen molar-refractivity contribution in [1.29, 1.82) is 0 Å². The third kappa shape index (κ3) is 3.02. The molecule has 104 valence electrons. The lowest BCUT2D eigenvalue weighted by Gasteiger charge is -2.29. The van der Waals surface area contributed by atoms with E-state index in [1.165, 1.54) is 18.6 Å². The molecule has 2 aliphatic rings. The van der Waals surface area contributed by atoms with Gasteiger partial charge in [0.2, 0.25) is 5.91 Å². The van der Waals surface area contributed by atoms with Gasteiger partial charge in [0.25, 0.3) is 0 Å². The smallest absolute Gasteiger partial charge is 0.241 e. The zero-order chi connectivity index (χ0) is 13.1. The quantitative estimate of drug-likeness (QED) is 0.833. The average molecular weight is 270 g/mol. The van der Waals surface area contributed by atoms with E-state index in [2.05, 4.69) is 31.0 Å². The van der Waals surface area contributed by atoms with Crippen LogP contribution in [0.3, 0.4) is 0 Å². The molecule has 0 saturated carbocycles. The highest BCUT2D eigenvalue weighted by atomic mass is 32.2. The Morgan fingerprint density at radius 2 is 2.28 bits per heavy atom. The van der Waals surface area contributed by atoms with E-state index < -0.39 is 0 Å². The fraction of sp³-hybridized carbons (Fsp3) is 0.929. The van der Waals surface area contributed by atoms with Gasteiger partial charge in [0.1, 0.15) is 0 Å². The van der Waals surface area contributed by atoms with Crippen LogP contribution < -0.4 is 5.32 Å². The fourth-order valence-corrected chi connectivity index (χ4v) is 4.23. The Kier molecular flexibility index (Phi) is 4.96. The molecule has 0 aromatic rings. The van der Waals surface area contributed by atoms with Gasteiger partial charge in [-0.25, -0.2) is 0 Å². The summed E-state index contributed by atoms with van der Waals surface area (Å²) in [5.74, 6) is 2.09. The van der Waals surface area contributed by atoms with Crippen LogP contribution in [0.1, 0.15) is 46.5 Å². The van der Waals surface area contributed by atoms with Gasteiger partial charge in [0, 0.05) is 11.8 Å². The molecular weight excluding hydrogens is 244 g/mol. The first-order chi connectivity index (χ1) is 8.63. The topological polar surface area (TPSA) is 32.3 Å². The van der Waals surface area contributed by atoms with Crippen molar-refractivity contribution < 1.29 is 4.79 Å². The molecule has 0 aliphatic carbocycles. The largest absolute Gasteiger partial charge is 0.324 e. The van der Waals surface area contributed by atoms with Gasteiger partial charge in [0.15, 0.2) is 0 Å². The molecule has 2 aliphatic heterocycles. The van der Waals surface area contributed by atoms with Crippen molar-refractivity contribution >= 4 is 17.7 Å². The van der Waals surface area contributed by atoms with Crippen molar-refractivity contribution in [1.82, 2.24) is 10.2 Å². The van der Waals surface area contributed by atoms with Gasteiger partial charge in [-0.1, -0.05) is 27.2 Å². The lowest BCUT2D eigenvalue weighted by molar-refractivity contribution is -0.130. The maximum atomic E-state index is 12.5. The van der Waals surface area contributed by atoms with Crippen LogP contribution in [-0.4, -0.2) is 40.6 Å². The summed E-state index contributed by atoms with van der Waals surface area (Å²) < 4.78 is 0. The first-order valence-corrected chi connectivity index (χ1v) is 8.36. The Balaban J connectivity index is 2.01. The van der Waals surface area contributed by atoms with E-state index in [0.29, 0.717) is 17.1 Å². The van der Waals surface area contributed by atoms with Crippen molar-refractivity contribution in [3.8, 4) is 0 Å². The van der Waals surface area contributed by atoms with Gasteiger partial charge in [-0.15, -0.1) is 0 Å². The van der Waals surface area contributed by atoms with Gasteiger partial charge < -0.3 is 4.90 Å². The molecular formula is C14H26N2OS. The van der Waals surface area contributed by atoms with Crippen LogP contribution in [0, 0.1) is 5.92 Å². The van der Waals surface area contributed by atoms with Crippen LogP contribution in [0.15, 0.2) is 0 Å². The molecule has 0 aromatic carbocycles. The van der Waals surface area contributed by atoms with Gasteiger partial charge in [-0.3, -0.25) is 10.1 Å². The minimum absolute atomic E-state index is 0.0637. The Morgan fingerprint density at radius 3 is 2.83 bits per heavy atom. The van der Waals surface area contributed by atoms with E-state index >= 15 is 0 Å². The van der Waals surface area contributed by atoms with Gasteiger partial charge in [-0.2, -0.15) is 11.8 Å². The van der Waals surface area contributed by atoms with Crippen molar-refractivity contribution in [2.45, 2.75) is 63.9 Å². The normalized spacial score (nSPS) is 32.8. The first-order valence-electron chi connectivity index (χ1n) is 7.31. The van der Waals surface area contributed by atoms with Crippen LogP contribution >= 0.6 is 11.8 Å². The van der Waals surface area contributed by atoms with Crippen LogP contribution in [0.4, 0.5) is 0 Å². The highest BCUT2D eigenvalue weighted by Crippen LogP contribution is 2.29. The number of nitrogens with one attached hydrogen (secondary N) is 1. The van der Waals surface area contributed by atoms with Crippen LogP contribution in [0.5, 0.6) is 0 Å². The minimum Gasteiger partial charge on any atom is -0.324 e. The predicted octanol–water partition coefficient (Wildman–Crippen LogP) is 2.46. The summed E-state index contributed by atoms with van der Waals surface area (Å²) in [7, 11) is 0. The van der Waals surface area contributed by atoms with Crippen LogP contribution in [0.25, 0.3) is 0 Å². The third-order valence-corrected chi connectivity index (χ3v) is 5.30. The predicted molar refractivity (Wildman–Crippen MR) is 77.7 cm³/mol. The molecule has 2 saturated heterocycles. The summed E-state index contributed by atoms with van der Waals surface area (Å²) in [6.07, 6.45) is 4.87. The molecule has 0 aromatic heterocycles. The third-order valence-electron chi connectivity index (χ3n) is 3.92. The second-order valence-electron chi connectivity index (χ2n) is 5.82. The SMILES string of the molecule is CCCC1NC(C(C)C)N(CC2CCCS2)C1=O. The molecule has 0 bridgehead atoms. The first kappa shape index (κ1) is 14.2. The van der Waals surface area contributed by atoms with Crippen molar-refractivity contribution in [3.63, 3.8) is 0 Å².